The van der Waals surface area contributed by atoms with Crippen LogP contribution in [0.4, 0.5) is 0 Å². The molecule has 0 heterocycles. The number of carbonyl (C=O) groups excluding carboxylic acids is 2. The van der Waals surface area contributed by atoms with E-state index >= 15 is 0 Å². The van der Waals surface area contributed by atoms with Crippen LogP contribution >= 0.6 is 0 Å². The van der Waals surface area contributed by atoms with Crippen LogP contribution in [0.2, 0.25) is 0 Å². The van der Waals surface area contributed by atoms with Gasteiger partial charge in [0, 0.05) is 6.42 Å². The zero-order valence-corrected chi connectivity index (χ0v) is 36.8. The van der Waals surface area contributed by atoms with E-state index in [1.165, 1.54) is 44.9 Å². The Labute approximate surface area is 350 Å². The Bertz CT molecular complexity index is 845. The molecule has 0 rings (SSSR count). The molecule has 0 amide bonds. The molecule has 0 aromatic heterocycles. The summed E-state index contributed by atoms with van der Waals surface area (Å²) in [5, 5.41) is 0. The van der Waals surface area contributed by atoms with Crippen molar-refractivity contribution < 1.29 is 75.9 Å². The van der Waals surface area contributed by atoms with Gasteiger partial charge in [0.05, 0.1) is 152 Å². The molecule has 0 aromatic rings. The molecule has 0 aromatic carbocycles. The van der Waals surface area contributed by atoms with E-state index < -0.39 is 5.60 Å². The van der Waals surface area contributed by atoms with Crippen LogP contribution in [0.3, 0.4) is 0 Å². The molecule has 346 valence electrons. The van der Waals surface area contributed by atoms with E-state index in [0.717, 1.165) is 12.8 Å². The van der Waals surface area contributed by atoms with Crippen LogP contribution in [-0.2, 0) is 75.9 Å². The van der Waals surface area contributed by atoms with Crippen LogP contribution in [0, 0.1) is 0 Å². The molecule has 0 atom stereocenters. The van der Waals surface area contributed by atoms with Gasteiger partial charge in [0.1, 0.15) is 18.8 Å². The number of hydrogen-bond acceptors (Lipinski definition) is 16. The van der Waals surface area contributed by atoms with Crippen LogP contribution in [-0.4, -0.2) is 183 Å². The number of rotatable bonds is 48. The minimum atomic E-state index is -0.516. The average Bonchev–Trinajstić information content (AvgIpc) is 3.19. The first-order valence-electron chi connectivity index (χ1n) is 21.7. The zero-order chi connectivity index (χ0) is 42.3. The lowest BCUT2D eigenvalue weighted by Crippen LogP contribution is -2.27. The summed E-state index contributed by atoms with van der Waals surface area (Å²) in [6.07, 6.45) is 11.6. The van der Waals surface area contributed by atoms with Gasteiger partial charge in [-0.3, -0.25) is 4.79 Å². The van der Waals surface area contributed by atoms with Gasteiger partial charge < -0.3 is 66.3 Å². The summed E-state index contributed by atoms with van der Waals surface area (Å²) in [6, 6.07) is 0. The minimum absolute atomic E-state index is 0.0871. The number of carbonyl (C=O) groups is 2. The molecular weight excluding hydrogens is 760 g/mol. The molecule has 16 heteroatoms. The molecular formula is C42H82O16. The molecule has 16 nitrogen and oxygen atoms in total. The molecule has 0 unspecified atom stereocenters. The third kappa shape index (κ3) is 50.6. The van der Waals surface area contributed by atoms with Crippen LogP contribution in [0.25, 0.3) is 0 Å². The van der Waals surface area contributed by atoms with E-state index in [2.05, 4.69) is 6.92 Å². The largest absolute Gasteiger partial charge is 0.463 e. The maximum absolute atomic E-state index is 11.8. The van der Waals surface area contributed by atoms with E-state index in [1.807, 2.05) is 20.8 Å². The quantitative estimate of drug-likeness (QED) is 0.0594. The number of unbranched alkanes of at least 4 members (excludes halogenated alkanes) is 8. The predicted molar refractivity (Wildman–Crippen MR) is 218 cm³/mol. The van der Waals surface area contributed by atoms with Crippen molar-refractivity contribution in [3.63, 3.8) is 0 Å². The van der Waals surface area contributed by atoms with Gasteiger partial charge in [0.15, 0.2) is 0 Å². The lowest BCUT2D eigenvalue weighted by atomic mass is 10.1. The normalized spacial score (nSPS) is 11.7. The van der Waals surface area contributed by atoms with Crippen molar-refractivity contribution in [1.29, 1.82) is 0 Å². The van der Waals surface area contributed by atoms with Crippen molar-refractivity contribution in [2.45, 2.75) is 97.5 Å². The van der Waals surface area contributed by atoms with Crippen molar-refractivity contribution in [2.24, 2.45) is 0 Å². The van der Waals surface area contributed by atoms with Crippen LogP contribution in [0.5, 0.6) is 0 Å². The average molecular weight is 843 g/mol. The van der Waals surface area contributed by atoms with Crippen molar-refractivity contribution in [1.82, 2.24) is 0 Å². The van der Waals surface area contributed by atoms with E-state index in [9.17, 15) is 9.59 Å². The number of esters is 2. The molecule has 0 aliphatic rings. The lowest BCUT2D eigenvalue weighted by molar-refractivity contribution is -0.160. The van der Waals surface area contributed by atoms with Gasteiger partial charge in [-0.15, -0.1) is 0 Å². The van der Waals surface area contributed by atoms with Gasteiger partial charge in [-0.1, -0.05) is 58.3 Å². The molecule has 0 radical (unpaired) electrons. The Kier molecular flexibility index (Phi) is 45.3. The summed E-state index contributed by atoms with van der Waals surface area (Å²) < 4.78 is 75.8. The second kappa shape index (κ2) is 46.5. The van der Waals surface area contributed by atoms with Gasteiger partial charge >= 0.3 is 11.9 Å². The highest BCUT2D eigenvalue weighted by Crippen LogP contribution is 2.11. The summed E-state index contributed by atoms with van der Waals surface area (Å²) in [5.74, 6) is -0.531. The van der Waals surface area contributed by atoms with Crippen molar-refractivity contribution in [3.8, 4) is 0 Å². The fraction of sp³-hybridized carbons (Fsp3) is 0.952. The Morgan fingerprint density at radius 1 is 0.328 bits per heavy atom. The van der Waals surface area contributed by atoms with E-state index in [4.69, 9.17) is 66.3 Å². The Morgan fingerprint density at radius 3 is 0.879 bits per heavy atom. The molecule has 0 fully saturated rings. The smallest absolute Gasteiger partial charge is 0.332 e. The Balaban J connectivity index is 3.14. The van der Waals surface area contributed by atoms with Crippen molar-refractivity contribution in [2.75, 3.05) is 165 Å². The summed E-state index contributed by atoms with van der Waals surface area (Å²) >= 11 is 0. The minimum Gasteiger partial charge on any atom is -0.463 e. The number of ether oxygens (including phenoxy) is 14. The van der Waals surface area contributed by atoms with Gasteiger partial charge in [-0.2, -0.15) is 0 Å². The second-order valence-electron chi connectivity index (χ2n) is 14.2. The van der Waals surface area contributed by atoms with Gasteiger partial charge in [-0.05, 0) is 27.2 Å². The summed E-state index contributed by atoms with van der Waals surface area (Å²) in [7, 11) is 0. The van der Waals surface area contributed by atoms with Crippen LogP contribution in [0.1, 0.15) is 91.9 Å². The Hall–Kier alpha value is -1.54. The van der Waals surface area contributed by atoms with E-state index in [0.29, 0.717) is 158 Å². The summed E-state index contributed by atoms with van der Waals surface area (Å²) in [5.41, 5.74) is -0.516. The highest BCUT2D eigenvalue weighted by molar-refractivity contribution is 5.71. The van der Waals surface area contributed by atoms with Crippen molar-refractivity contribution >= 4 is 11.9 Å². The molecule has 0 N–H and O–H groups in total. The third-order valence-corrected chi connectivity index (χ3v) is 7.71. The third-order valence-electron chi connectivity index (χ3n) is 7.71. The first-order valence-corrected chi connectivity index (χ1v) is 21.7. The van der Waals surface area contributed by atoms with E-state index in [1.54, 1.807) is 0 Å². The van der Waals surface area contributed by atoms with Gasteiger partial charge in [-0.25, -0.2) is 4.79 Å². The lowest BCUT2D eigenvalue weighted by Gasteiger charge is -2.19. The predicted octanol–water partition coefficient (Wildman–Crippen LogP) is 4.99. The maximum atomic E-state index is 11.8. The number of hydrogen-bond donors (Lipinski definition) is 0. The molecule has 0 aliphatic heterocycles. The fourth-order valence-corrected chi connectivity index (χ4v) is 4.81. The maximum Gasteiger partial charge on any atom is 0.332 e. The van der Waals surface area contributed by atoms with Gasteiger partial charge in [0.2, 0.25) is 0 Å². The Morgan fingerprint density at radius 2 is 0.586 bits per heavy atom. The SMILES string of the molecule is CCCCCCCCCCCC(=O)OCCOCCOCCOCCOCCOCCOCCOCCOCCOCCOCCOCCOCC(=O)OC(C)(C)C. The molecule has 0 spiro atoms. The molecule has 0 saturated carbocycles. The van der Waals surface area contributed by atoms with Crippen LogP contribution in [0.15, 0.2) is 0 Å². The van der Waals surface area contributed by atoms with Gasteiger partial charge in [0.25, 0.3) is 0 Å². The fourth-order valence-electron chi connectivity index (χ4n) is 4.81. The standard InChI is InChI=1S/C42H82O16/c1-5-6-7-8-9-10-11-12-13-14-40(43)57-38-37-55-34-33-53-30-29-51-26-25-49-22-21-47-18-17-45-15-16-46-19-20-48-23-24-50-27-28-52-31-32-54-35-36-56-39-41(44)58-42(2,3)4/h5-39H2,1-4H3. The summed E-state index contributed by atoms with van der Waals surface area (Å²) in [4.78, 5) is 23.3. The monoisotopic (exact) mass is 843 g/mol. The van der Waals surface area contributed by atoms with Crippen LogP contribution < -0.4 is 0 Å². The molecule has 0 saturated heterocycles. The first-order chi connectivity index (χ1) is 28.3. The first kappa shape index (κ1) is 56.5. The zero-order valence-electron chi connectivity index (χ0n) is 36.8. The van der Waals surface area contributed by atoms with Crippen molar-refractivity contribution in [3.05, 3.63) is 0 Å². The molecule has 0 aliphatic carbocycles. The highest BCUT2D eigenvalue weighted by atomic mass is 16.6. The van der Waals surface area contributed by atoms with E-state index in [-0.39, 0.29) is 25.2 Å². The topological polar surface area (TPSA) is 163 Å². The molecule has 58 heavy (non-hydrogen) atoms. The summed E-state index contributed by atoms with van der Waals surface area (Å²) in [6.45, 7) is 18.5. The second-order valence-corrected chi connectivity index (χ2v) is 14.2. The highest BCUT2D eigenvalue weighted by Gasteiger charge is 2.16. The molecule has 0 bridgehead atoms.